The van der Waals surface area contributed by atoms with Crippen molar-refractivity contribution in [1.29, 1.82) is 0 Å². The standard InChI is InChI=1S/C19H26N4O2S/c1-14-13-17(19(25-4)20-15(14)2)23(26)22-11-9-21(10-12-22)16-7-5-6-8-18(16)24-3/h5-8,13,26H,9-12H2,1-4H3. The molecule has 0 unspecified atom stereocenters. The number of aryl methyl sites for hydroxylation is 2. The smallest absolute Gasteiger partial charge is 0.240 e. The van der Waals surface area contributed by atoms with Crippen molar-refractivity contribution in [3.63, 3.8) is 0 Å². The van der Waals surface area contributed by atoms with E-state index in [1.54, 1.807) is 14.2 Å². The number of thiol groups is 1. The number of nitrogens with zero attached hydrogens (tertiary/aromatic N) is 4. The number of hydrogen-bond acceptors (Lipinski definition) is 7. The van der Waals surface area contributed by atoms with Gasteiger partial charge in [0.1, 0.15) is 11.4 Å². The highest BCUT2D eigenvalue weighted by Gasteiger charge is 2.25. The predicted molar refractivity (Wildman–Crippen MR) is 109 cm³/mol. The second-order valence-electron chi connectivity index (χ2n) is 6.32. The summed E-state index contributed by atoms with van der Waals surface area (Å²) in [4.78, 5) is 6.87. The van der Waals surface area contributed by atoms with Crippen molar-refractivity contribution in [2.24, 2.45) is 0 Å². The molecule has 0 aliphatic carbocycles. The summed E-state index contributed by atoms with van der Waals surface area (Å²) in [5.41, 5.74) is 4.08. The number of pyridine rings is 1. The van der Waals surface area contributed by atoms with Crippen LogP contribution in [0.2, 0.25) is 0 Å². The Balaban J connectivity index is 1.73. The molecule has 2 heterocycles. The van der Waals surface area contributed by atoms with E-state index >= 15 is 0 Å². The van der Waals surface area contributed by atoms with E-state index in [1.165, 1.54) is 0 Å². The molecule has 1 aromatic carbocycles. The molecule has 0 bridgehead atoms. The maximum atomic E-state index is 5.49. The zero-order chi connectivity index (χ0) is 18.7. The van der Waals surface area contributed by atoms with E-state index in [1.807, 2.05) is 36.5 Å². The topological polar surface area (TPSA) is 41.1 Å². The first-order valence-corrected chi connectivity index (χ1v) is 9.09. The molecule has 1 aliphatic heterocycles. The Morgan fingerprint density at radius 3 is 2.38 bits per heavy atom. The fourth-order valence-corrected chi connectivity index (χ4v) is 3.45. The Hall–Kier alpha value is -2.12. The molecule has 3 rings (SSSR count). The number of methoxy groups -OCH3 is 2. The third-order valence-electron chi connectivity index (χ3n) is 4.77. The molecule has 1 fully saturated rings. The molecule has 26 heavy (non-hydrogen) atoms. The minimum atomic E-state index is 0.593. The van der Waals surface area contributed by atoms with Gasteiger partial charge in [-0.15, -0.1) is 0 Å². The number of para-hydroxylation sites is 2. The molecule has 140 valence electrons. The van der Waals surface area contributed by atoms with Crippen LogP contribution in [0.3, 0.4) is 0 Å². The van der Waals surface area contributed by atoms with Crippen molar-refractivity contribution in [3.05, 3.63) is 41.6 Å². The van der Waals surface area contributed by atoms with E-state index in [2.05, 4.69) is 27.0 Å². The second-order valence-corrected chi connectivity index (χ2v) is 6.70. The molecule has 1 aromatic heterocycles. The predicted octanol–water partition coefficient (Wildman–Crippen LogP) is 3.10. The van der Waals surface area contributed by atoms with Crippen LogP contribution in [0.5, 0.6) is 11.6 Å². The molecule has 1 aliphatic rings. The van der Waals surface area contributed by atoms with Crippen LogP contribution in [0.25, 0.3) is 0 Å². The Kier molecular flexibility index (Phi) is 5.78. The van der Waals surface area contributed by atoms with Crippen molar-refractivity contribution in [1.82, 2.24) is 9.99 Å². The summed E-state index contributed by atoms with van der Waals surface area (Å²) in [5, 5.41) is 2.20. The van der Waals surface area contributed by atoms with Crippen LogP contribution in [0, 0.1) is 13.8 Å². The molecule has 0 amide bonds. The molecule has 7 heteroatoms. The molecule has 1 saturated heterocycles. The van der Waals surface area contributed by atoms with Crippen LogP contribution in [0.4, 0.5) is 11.4 Å². The van der Waals surface area contributed by atoms with Crippen molar-refractivity contribution >= 4 is 24.2 Å². The Labute approximate surface area is 160 Å². The van der Waals surface area contributed by atoms with Crippen LogP contribution in [0.15, 0.2) is 30.3 Å². The number of rotatable bonds is 5. The van der Waals surface area contributed by atoms with Crippen LogP contribution in [-0.2, 0) is 0 Å². The minimum absolute atomic E-state index is 0.593. The van der Waals surface area contributed by atoms with Gasteiger partial charge in [0.25, 0.3) is 0 Å². The molecule has 2 aromatic rings. The first-order chi connectivity index (χ1) is 12.5. The van der Waals surface area contributed by atoms with Gasteiger partial charge < -0.3 is 14.4 Å². The fraction of sp³-hybridized carbons (Fsp3) is 0.421. The maximum absolute atomic E-state index is 5.49. The molecule has 0 radical (unpaired) electrons. The van der Waals surface area contributed by atoms with Gasteiger partial charge in [-0.1, -0.05) is 12.1 Å². The summed E-state index contributed by atoms with van der Waals surface area (Å²) < 4.78 is 12.8. The van der Waals surface area contributed by atoms with Gasteiger partial charge in [0.15, 0.2) is 0 Å². The molecule has 0 atom stereocenters. The largest absolute Gasteiger partial charge is 0.495 e. The molecule has 0 spiro atoms. The second kappa shape index (κ2) is 8.05. The van der Waals surface area contributed by atoms with Crippen molar-refractivity contribution in [2.75, 3.05) is 49.7 Å². The zero-order valence-electron chi connectivity index (χ0n) is 15.8. The van der Waals surface area contributed by atoms with Crippen LogP contribution in [0.1, 0.15) is 11.3 Å². The first kappa shape index (κ1) is 18.7. The Bertz CT molecular complexity index is 763. The first-order valence-electron chi connectivity index (χ1n) is 8.69. The van der Waals surface area contributed by atoms with Gasteiger partial charge in [-0.2, -0.15) is 0 Å². The lowest BCUT2D eigenvalue weighted by molar-refractivity contribution is 0.275. The summed E-state index contributed by atoms with van der Waals surface area (Å²) in [7, 11) is 3.35. The lowest BCUT2D eigenvalue weighted by Gasteiger charge is -2.40. The van der Waals surface area contributed by atoms with Crippen LogP contribution < -0.4 is 18.8 Å². The molecule has 6 nitrogen and oxygen atoms in total. The minimum Gasteiger partial charge on any atom is -0.495 e. The van der Waals surface area contributed by atoms with E-state index in [0.29, 0.717) is 5.88 Å². The molecular weight excluding hydrogens is 348 g/mol. The monoisotopic (exact) mass is 374 g/mol. The lowest BCUT2D eigenvalue weighted by Crippen LogP contribution is -2.51. The number of piperazine rings is 1. The van der Waals surface area contributed by atoms with Gasteiger partial charge in [0.2, 0.25) is 5.88 Å². The van der Waals surface area contributed by atoms with Crippen molar-refractivity contribution in [2.45, 2.75) is 13.8 Å². The maximum Gasteiger partial charge on any atom is 0.240 e. The highest BCUT2D eigenvalue weighted by atomic mass is 32.1. The van der Waals surface area contributed by atoms with Gasteiger partial charge >= 0.3 is 0 Å². The zero-order valence-corrected chi connectivity index (χ0v) is 16.7. The van der Waals surface area contributed by atoms with E-state index in [0.717, 1.165) is 54.6 Å². The van der Waals surface area contributed by atoms with Gasteiger partial charge in [-0.3, -0.25) is 0 Å². The van der Waals surface area contributed by atoms with E-state index in [-0.39, 0.29) is 0 Å². The number of benzene rings is 1. The molecule has 0 N–H and O–H groups in total. The van der Waals surface area contributed by atoms with E-state index in [4.69, 9.17) is 22.3 Å². The summed E-state index contributed by atoms with van der Waals surface area (Å²) in [6.45, 7) is 7.49. The number of ether oxygens (including phenoxy) is 2. The quantitative estimate of drug-likeness (QED) is 0.811. The van der Waals surface area contributed by atoms with Gasteiger partial charge in [-0.25, -0.2) is 14.4 Å². The lowest BCUT2D eigenvalue weighted by atomic mass is 10.2. The average molecular weight is 375 g/mol. The highest BCUT2D eigenvalue weighted by Crippen LogP contribution is 2.33. The highest BCUT2D eigenvalue weighted by molar-refractivity contribution is 7.81. The molecular formula is C19H26N4O2S. The van der Waals surface area contributed by atoms with Crippen molar-refractivity contribution < 1.29 is 9.47 Å². The summed E-state index contributed by atoms with van der Waals surface area (Å²) in [5.74, 6) is 1.50. The van der Waals surface area contributed by atoms with E-state index < -0.39 is 0 Å². The van der Waals surface area contributed by atoms with Gasteiger partial charge in [-0.05, 0) is 50.4 Å². The van der Waals surface area contributed by atoms with Crippen molar-refractivity contribution in [3.8, 4) is 11.6 Å². The van der Waals surface area contributed by atoms with E-state index in [9.17, 15) is 0 Å². The number of hydrazine groups is 1. The third-order valence-corrected chi connectivity index (χ3v) is 5.24. The summed E-state index contributed by atoms with van der Waals surface area (Å²) in [6, 6.07) is 10.2. The Morgan fingerprint density at radius 1 is 1.04 bits per heavy atom. The van der Waals surface area contributed by atoms with Crippen LogP contribution >= 0.6 is 12.8 Å². The Morgan fingerprint density at radius 2 is 1.73 bits per heavy atom. The number of aromatic nitrogens is 1. The number of anilines is 2. The average Bonchev–Trinajstić information content (AvgIpc) is 2.69. The SMILES string of the molecule is COc1ccccc1N1CCN(N(S)c2cc(C)c(C)nc2OC)CC1. The fourth-order valence-electron chi connectivity index (χ4n) is 3.13. The third kappa shape index (κ3) is 3.68. The molecule has 0 saturated carbocycles. The van der Waals surface area contributed by atoms with Gasteiger partial charge in [0, 0.05) is 31.9 Å². The normalized spacial score (nSPS) is 15.0. The number of hydrogen-bond donors (Lipinski definition) is 1. The van der Waals surface area contributed by atoms with Crippen LogP contribution in [-0.4, -0.2) is 50.4 Å². The van der Waals surface area contributed by atoms with Gasteiger partial charge in [0.05, 0.1) is 19.9 Å². The summed E-state index contributed by atoms with van der Waals surface area (Å²) >= 11 is 4.72. The summed E-state index contributed by atoms with van der Waals surface area (Å²) in [6.07, 6.45) is 0.